The quantitative estimate of drug-likeness (QED) is 0.827. The predicted molar refractivity (Wildman–Crippen MR) is 86.4 cm³/mol. The summed E-state index contributed by atoms with van der Waals surface area (Å²) in [4.78, 5) is 23.5. The molecule has 6 heteroatoms. The molecule has 2 amide bonds. The molecule has 1 aromatic heterocycles. The number of carbonyl (C=O) groups excluding carboxylic acids is 2. The summed E-state index contributed by atoms with van der Waals surface area (Å²) in [5.74, 6) is -0.197. The van der Waals surface area contributed by atoms with E-state index in [9.17, 15) is 9.59 Å². The van der Waals surface area contributed by atoms with Gasteiger partial charge in [0.2, 0.25) is 5.91 Å². The molecule has 0 bridgehead atoms. The van der Waals surface area contributed by atoms with Crippen LogP contribution in [0.15, 0.2) is 51.6 Å². The molecular weight excluding hydrogens is 348 g/mol. The van der Waals surface area contributed by atoms with Gasteiger partial charge in [0.05, 0.1) is 12.3 Å². The first-order chi connectivity index (χ1) is 10.6. The molecule has 0 aliphatic carbocycles. The molecule has 0 saturated heterocycles. The van der Waals surface area contributed by atoms with Crippen molar-refractivity contribution in [2.75, 3.05) is 6.54 Å². The Morgan fingerprint density at radius 3 is 2.59 bits per heavy atom. The van der Waals surface area contributed by atoms with Crippen LogP contribution < -0.4 is 10.6 Å². The van der Waals surface area contributed by atoms with Gasteiger partial charge in [-0.1, -0.05) is 28.1 Å². The molecule has 1 heterocycles. The van der Waals surface area contributed by atoms with Crippen LogP contribution in [0.2, 0.25) is 0 Å². The highest BCUT2D eigenvalue weighted by Gasteiger charge is 2.11. The number of amides is 2. The molecule has 0 aliphatic rings. The summed E-state index contributed by atoms with van der Waals surface area (Å²) in [6.07, 6.45) is 1.65. The van der Waals surface area contributed by atoms with E-state index in [0.717, 1.165) is 10.0 Å². The normalized spacial score (nSPS) is 11.7. The summed E-state index contributed by atoms with van der Waals surface area (Å²) in [5, 5.41) is 5.53. The third-order valence-corrected chi connectivity index (χ3v) is 3.66. The Balaban J connectivity index is 1.73. The van der Waals surface area contributed by atoms with Gasteiger partial charge in [-0.3, -0.25) is 9.59 Å². The Kier molecular flexibility index (Phi) is 5.77. The lowest BCUT2D eigenvalue weighted by Crippen LogP contribution is -2.31. The van der Waals surface area contributed by atoms with E-state index >= 15 is 0 Å². The lowest BCUT2D eigenvalue weighted by Gasteiger charge is -2.14. The van der Waals surface area contributed by atoms with Crippen molar-refractivity contribution >= 4 is 27.7 Å². The molecule has 0 radical (unpaired) electrons. The highest BCUT2D eigenvalue weighted by Crippen LogP contribution is 2.16. The van der Waals surface area contributed by atoms with Crippen molar-refractivity contribution < 1.29 is 14.0 Å². The third-order valence-electron chi connectivity index (χ3n) is 3.13. The zero-order chi connectivity index (χ0) is 15.9. The van der Waals surface area contributed by atoms with Crippen LogP contribution in [0.25, 0.3) is 0 Å². The van der Waals surface area contributed by atoms with Crippen LogP contribution in [0.1, 0.15) is 35.5 Å². The van der Waals surface area contributed by atoms with Crippen molar-refractivity contribution in [2.45, 2.75) is 19.4 Å². The molecule has 0 fully saturated rings. The summed E-state index contributed by atoms with van der Waals surface area (Å²) < 4.78 is 5.96. The highest BCUT2D eigenvalue weighted by molar-refractivity contribution is 9.10. The molecule has 22 heavy (non-hydrogen) atoms. The molecule has 116 valence electrons. The second-order valence-electron chi connectivity index (χ2n) is 4.82. The molecule has 0 unspecified atom stereocenters. The van der Waals surface area contributed by atoms with Crippen LogP contribution in [0.3, 0.4) is 0 Å². The molecule has 2 aromatic rings. The Morgan fingerprint density at radius 2 is 1.95 bits per heavy atom. The third kappa shape index (κ3) is 4.73. The average molecular weight is 365 g/mol. The number of carbonyl (C=O) groups is 2. The van der Waals surface area contributed by atoms with E-state index in [-0.39, 0.29) is 36.6 Å². The fraction of sp³-hybridized carbons (Fsp3) is 0.250. The van der Waals surface area contributed by atoms with Crippen molar-refractivity contribution in [3.05, 3.63) is 58.5 Å². The average Bonchev–Trinajstić information content (AvgIpc) is 3.02. The molecule has 5 nitrogen and oxygen atoms in total. The van der Waals surface area contributed by atoms with E-state index in [1.807, 2.05) is 31.2 Å². The number of rotatable bonds is 6. The van der Waals surface area contributed by atoms with Crippen LogP contribution in [0, 0.1) is 0 Å². The van der Waals surface area contributed by atoms with Gasteiger partial charge in [0.15, 0.2) is 5.76 Å². The minimum absolute atomic E-state index is 0.0821. The van der Waals surface area contributed by atoms with Gasteiger partial charge in [-0.2, -0.15) is 0 Å². The van der Waals surface area contributed by atoms with Gasteiger partial charge < -0.3 is 15.1 Å². The number of hydrogen-bond acceptors (Lipinski definition) is 3. The van der Waals surface area contributed by atoms with Crippen molar-refractivity contribution in [1.29, 1.82) is 0 Å². The van der Waals surface area contributed by atoms with Crippen LogP contribution >= 0.6 is 15.9 Å². The van der Waals surface area contributed by atoms with Crippen molar-refractivity contribution in [2.24, 2.45) is 0 Å². The van der Waals surface area contributed by atoms with Crippen molar-refractivity contribution in [3.8, 4) is 0 Å². The van der Waals surface area contributed by atoms with Gasteiger partial charge >= 0.3 is 0 Å². The predicted octanol–water partition coefficient (Wildman–Crippen LogP) is 3.04. The SMILES string of the molecule is C[C@@H](NC(=O)CCNC(=O)c1ccco1)c1ccc(Br)cc1. The molecule has 1 aromatic carbocycles. The van der Waals surface area contributed by atoms with Gasteiger partial charge in [0.25, 0.3) is 5.91 Å². The summed E-state index contributed by atoms with van der Waals surface area (Å²) in [7, 11) is 0. The number of nitrogens with one attached hydrogen (secondary N) is 2. The van der Waals surface area contributed by atoms with E-state index in [2.05, 4.69) is 26.6 Å². The molecule has 0 spiro atoms. The van der Waals surface area contributed by atoms with Gasteiger partial charge in [-0.15, -0.1) is 0 Å². The second-order valence-corrected chi connectivity index (χ2v) is 5.74. The van der Waals surface area contributed by atoms with Crippen LogP contribution in [-0.4, -0.2) is 18.4 Å². The molecule has 2 N–H and O–H groups in total. The lowest BCUT2D eigenvalue weighted by atomic mass is 10.1. The summed E-state index contributed by atoms with van der Waals surface area (Å²) >= 11 is 3.37. The zero-order valence-electron chi connectivity index (χ0n) is 12.1. The largest absolute Gasteiger partial charge is 0.459 e. The fourth-order valence-electron chi connectivity index (χ4n) is 1.93. The van der Waals surface area contributed by atoms with Gasteiger partial charge in [0.1, 0.15) is 0 Å². The van der Waals surface area contributed by atoms with Crippen molar-refractivity contribution in [3.63, 3.8) is 0 Å². The summed E-state index contributed by atoms with van der Waals surface area (Å²) in [5.41, 5.74) is 1.02. The van der Waals surface area contributed by atoms with Crippen molar-refractivity contribution in [1.82, 2.24) is 10.6 Å². The summed E-state index contributed by atoms with van der Waals surface area (Å²) in [6.45, 7) is 2.18. The van der Waals surface area contributed by atoms with Gasteiger partial charge in [-0.25, -0.2) is 0 Å². The maximum absolute atomic E-state index is 11.9. The second kappa shape index (κ2) is 7.79. The number of hydrogen-bond donors (Lipinski definition) is 2. The van der Waals surface area contributed by atoms with Crippen LogP contribution in [0.5, 0.6) is 0 Å². The monoisotopic (exact) mass is 364 g/mol. The van der Waals surface area contributed by atoms with Gasteiger partial charge in [0, 0.05) is 17.4 Å². The number of furan rings is 1. The van der Waals surface area contributed by atoms with E-state index < -0.39 is 0 Å². The van der Waals surface area contributed by atoms with Crippen LogP contribution in [-0.2, 0) is 4.79 Å². The van der Waals surface area contributed by atoms with E-state index in [4.69, 9.17) is 4.42 Å². The van der Waals surface area contributed by atoms with E-state index in [1.54, 1.807) is 12.1 Å². The Labute approximate surface area is 137 Å². The first-order valence-electron chi connectivity index (χ1n) is 6.93. The molecule has 1 atom stereocenters. The first kappa shape index (κ1) is 16.3. The standard InChI is InChI=1S/C16H17BrN2O3/c1-11(12-4-6-13(17)7-5-12)19-15(20)8-9-18-16(21)14-3-2-10-22-14/h2-7,10-11H,8-9H2,1H3,(H,18,21)(H,19,20)/t11-/m1/s1. The lowest BCUT2D eigenvalue weighted by molar-refractivity contribution is -0.121. The first-order valence-corrected chi connectivity index (χ1v) is 7.72. The van der Waals surface area contributed by atoms with Gasteiger partial charge in [-0.05, 0) is 36.8 Å². The maximum Gasteiger partial charge on any atom is 0.286 e. The smallest absolute Gasteiger partial charge is 0.286 e. The number of benzene rings is 1. The maximum atomic E-state index is 11.9. The van der Waals surface area contributed by atoms with Crippen LogP contribution in [0.4, 0.5) is 0 Å². The Morgan fingerprint density at radius 1 is 1.23 bits per heavy atom. The zero-order valence-corrected chi connectivity index (χ0v) is 13.7. The minimum Gasteiger partial charge on any atom is -0.459 e. The highest BCUT2D eigenvalue weighted by atomic mass is 79.9. The fourth-order valence-corrected chi connectivity index (χ4v) is 2.20. The molecule has 0 aliphatic heterocycles. The minimum atomic E-state index is -0.321. The van der Waals surface area contributed by atoms with E-state index in [0.29, 0.717) is 0 Å². The topological polar surface area (TPSA) is 71.3 Å². The Bertz CT molecular complexity index is 623. The molecule has 2 rings (SSSR count). The molecule has 0 saturated carbocycles. The number of halogens is 1. The molecular formula is C16H17BrN2O3. The summed E-state index contributed by atoms with van der Waals surface area (Å²) in [6, 6.07) is 10.9. The Hall–Kier alpha value is -2.08. The van der Waals surface area contributed by atoms with E-state index in [1.165, 1.54) is 6.26 Å².